The number of rotatable bonds is 7. The molecule has 20 heavy (non-hydrogen) atoms. The molecule has 1 aromatic carbocycles. The summed E-state index contributed by atoms with van der Waals surface area (Å²) in [7, 11) is 0. The fourth-order valence-corrected chi connectivity index (χ4v) is 2.10. The molecule has 1 saturated carbocycles. The van der Waals surface area contributed by atoms with Crippen LogP contribution in [0, 0.1) is 0 Å². The van der Waals surface area contributed by atoms with Crippen LogP contribution in [0.15, 0.2) is 35.1 Å². The van der Waals surface area contributed by atoms with Gasteiger partial charge in [0.05, 0.1) is 13.1 Å². The Balaban J connectivity index is 1.42. The van der Waals surface area contributed by atoms with Crippen molar-refractivity contribution in [1.82, 2.24) is 20.1 Å². The van der Waals surface area contributed by atoms with Crippen LogP contribution in [-0.4, -0.2) is 27.4 Å². The fourth-order valence-electron chi connectivity index (χ4n) is 1.83. The zero-order valence-electron chi connectivity index (χ0n) is 11.1. The van der Waals surface area contributed by atoms with Crippen LogP contribution in [0.25, 0.3) is 0 Å². The molecule has 1 aliphatic carbocycles. The highest BCUT2D eigenvalue weighted by atomic mass is 79.9. The predicted molar refractivity (Wildman–Crippen MR) is 79.5 cm³/mol. The summed E-state index contributed by atoms with van der Waals surface area (Å²) in [5, 5.41) is 7.81. The Kier molecular flexibility index (Phi) is 4.32. The molecule has 106 valence electrons. The van der Waals surface area contributed by atoms with Gasteiger partial charge in [-0.05, 0) is 37.1 Å². The number of halogens is 1. The van der Waals surface area contributed by atoms with E-state index in [1.54, 1.807) is 6.33 Å². The molecule has 0 atom stereocenters. The van der Waals surface area contributed by atoms with E-state index in [1.165, 1.54) is 12.8 Å². The van der Waals surface area contributed by atoms with Gasteiger partial charge < -0.3 is 10.1 Å². The van der Waals surface area contributed by atoms with Crippen LogP contribution < -0.4 is 10.1 Å². The van der Waals surface area contributed by atoms with E-state index in [4.69, 9.17) is 4.74 Å². The Morgan fingerprint density at radius 2 is 2.10 bits per heavy atom. The predicted octanol–water partition coefficient (Wildman–Crippen LogP) is 2.37. The zero-order chi connectivity index (χ0) is 13.8. The van der Waals surface area contributed by atoms with E-state index in [9.17, 15) is 0 Å². The molecule has 1 fully saturated rings. The molecule has 2 aromatic rings. The van der Waals surface area contributed by atoms with E-state index in [-0.39, 0.29) is 0 Å². The normalized spacial score (nSPS) is 14.4. The summed E-state index contributed by atoms with van der Waals surface area (Å²) in [6, 6.07) is 8.49. The van der Waals surface area contributed by atoms with E-state index in [2.05, 4.69) is 31.3 Å². The average Bonchev–Trinajstić information content (AvgIpc) is 3.18. The van der Waals surface area contributed by atoms with Crippen LogP contribution in [0.3, 0.4) is 0 Å². The third kappa shape index (κ3) is 4.05. The van der Waals surface area contributed by atoms with Crippen LogP contribution in [0.5, 0.6) is 5.75 Å². The van der Waals surface area contributed by atoms with Gasteiger partial charge in [0, 0.05) is 10.5 Å². The second-order valence-corrected chi connectivity index (χ2v) is 5.80. The van der Waals surface area contributed by atoms with Crippen molar-refractivity contribution in [3.63, 3.8) is 0 Å². The molecule has 0 radical (unpaired) electrons. The first-order valence-electron chi connectivity index (χ1n) is 6.80. The van der Waals surface area contributed by atoms with Gasteiger partial charge in [-0.15, -0.1) is 0 Å². The van der Waals surface area contributed by atoms with E-state index in [0.29, 0.717) is 19.2 Å². The number of nitrogens with zero attached hydrogens (tertiary/aromatic N) is 3. The maximum atomic E-state index is 5.66. The number of hydrogen-bond donors (Lipinski definition) is 1. The van der Waals surface area contributed by atoms with Crippen molar-refractivity contribution < 1.29 is 4.74 Å². The van der Waals surface area contributed by atoms with Gasteiger partial charge in [-0.3, -0.25) is 0 Å². The lowest BCUT2D eigenvalue weighted by Crippen LogP contribution is -2.17. The number of nitrogens with one attached hydrogen (secondary N) is 1. The van der Waals surface area contributed by atoms with Gasteiger partial charge in [0.2, 0.25) is 0 Å². The highest BCUT2D eigenvalue weighted by Gasteiger charge is 2.20. The number of hydrogen-bond acceptors (Lipinski definition) is 4. The zero-order valence-corrected chi connectivity index (χ0v) is 12.7. The topological polar surface area (TPSA) is 52.0 Å². The minimum Gasteiger partial charge on any atom is -0.492 e. The second kappa shape index (κ2) is 6.37. The first-order chi connectivity index (χ1) is 9.79. The number of ether oxygens (including phenoxy) is 1. The van der Waals surface area contributed by atoms with Gasteiger partial charge in [-0.25, -0.2) is 9.67 Å². The average molecular weight is 337 g/mol. The van der Waals surface area contributed by atoms with Crippen molar-refractivity contribution in [3.8, 4) is 5.75 Å². The van der Waals surface area contributed by atoms with Crippen molar-refractivity contribution in [2.24, 2.45) is 0 Å². The Morgan fingerprint density at radius 1 is 1.30 bits per heavy atom. The van der Waals surface area contributed by atoms with E-state index in [1.807, 2.05) is 28.9 Å². The van der Waals surface area contributed by atoms with Crippen molar-refractivity contribution in [2.45, 2.75) is 32.0 Å². The molecule has 0 aliphatic heterocycles. The smallest absolute Gasteiger partial charge is 0.164 e. The summed E-state index contributed by atoms with van der Waals surface area (Å²) in [5.74, 6) is 1.71. The summed E-state index contributed by atoms with van der Waals surface area (Å²) in [4.78, 5) is 4.28. The second-order valence-electron chi connectivity index (χ2n) is 4.88. The van der Waals surface area contributed by atoms with Gasteiger partial charge in [-0.1, -0.05) is 15.9 Å². The molecular weight excluding hydrogens is 320 g/mol. The fraction of sp³-hybridized carbons (Fsp3) is 0.429. The van der Waals surface area contributed by atoms with E-state index in [0.717, 1.165) is 22.6 Å². The van der Waals surface area contributed by atoms with Gasteiger partial charge in [0.1, 0.15) is 18.7 Å². The molecule has 1 N–H and O–H groups in total. The van der Waals surface area contributed by atoms with Crippen molar-refractivity contribution in [1.29, 1.82) is 0 Å². The van der Waals surface area contributed by atoms with Crippen molar-refractivity contribution in [3.05, 3.63) is 40.9 Å². The van der Waals surface area contributed by atoms with Gasteiger partial charge in [0.25, 0.3) is 0 Å². The van der Waals surface area contributed by atoms with E-state index < -0.39 is 0 Å². The van der Waals surface area contributed by atoms with Crippen LogP contribution in [0.2, 0.25) is 0 Å². The maximum Gasteiger partial charge on any atom is 0.164 e. The Morgan fingerprint density at radius 3 is 2.85 bits per heavy atom. The molecule has 0 bridgehead atoms. The maximum absolute atomic E-state index is 5.66. The van der Waals surface area contributed by atoms with Crippen molar-refractivity contribution >= 4 is 15.9 Å². The standard InChI is InChI=1S/C14H17BrN4O/c15-11-1-5-13(6-2-11)20-8-7-19-10-17-14(18-19)9-16-12-3-4-12/h1-2,5-6,10,12,16H,3-4,7-9H2. The third-order valence-electron chi connectivity index (χ3n) is 3.11. The van der Waals surface area contributed by atoms with Crippen LogP contribution in [0.4, 0.5) is 0 Å². The lowest BCUT2D eigenvalue weighted by atomic mass is 10.3. The highest BCUT2D eigenvalue weighted by molar-refractivity contribution is 9.10. The lowest BCUT2D eigenvalue weighted by Gasteiger charge is -2.05. The van der Waals surface area contributed by atoms with Crippen LogP contribution in [0.1, 0.15) is 18.7 Å². The molecule has 1 heterocycles. The molecule has 0 spiro atoms. The van der Waals surface area contributed by atoms with Crippen LogP contribution >= 0.6 is 15.9 Å². The summed E-state index contributed by atoms with van der Waals surface area (Å²) in [5.41, 5.74) is 0. The molecule has 0 unspecified atom stereocenters. The molecule has 0 saturated heterocycles. The number of aromatic nitrogens is 3. The van der Waals surface area contributed by atoms with Gasteiger partial charge in [0.15, 0.2) is 5.82 Å². The molecule has 3 rings (SSSR count). The first kappa shape index (κ1) is 13.6. The molecule has 0 amide bonds. The third-order valence-corrected chi connectivity index (χ3v) is 3.64. The largest absolute Gasteiger partial charge is 0.492 e. The van der Waals surface area contributed by atoms with Gasteiger partial charge in [-0.2, -0.15) is 5.10 Å². The first-order valence-corrected chi connectivity index (χ1v) is 7.59. The van der Waals surface area contributed by atoms with E-state index >= 15 is 0 Å². The number of benzene rings is 1. The monoisotopic (exact) mass is 336 g/mol. The summed E-state index contributed by atoms with van der Waals surface area (Å²) in [6.45, 7) is 2.04. The van der Waals surface area contributed by atoms with Crippen LogP contribution in [-0.2, 0) is 13.1 Å². The summed E-state index contributed by atoms with van der Waals surface area (Å²) < 4.78 is 8.53. The minimum absolute atomic E-state index is 0.584. The molecular formula is C14H17BrN4O. The summed E-state index contributed by atoms with van der Waals surface area (Å²) >= 11 is 3.40. The van der Waals surface area contributed by atoms with Gasteiger partial charge >= 0.3 is 0 Å². The molecule has 6 heteroatoms. The minimum atomic E-state index is 0.584. The highest BCUT2D eigenvalue weighted by Crippen LogP contribution is 2.18. The summed E-state index contributed by atoms with van der Waals surface area (Å²) in [6.07, 6.45) is 4.32. The Labute approximate surface area is 126 Å². The quantitative estimate of drug-likeness (QED) is 0.843. The Hall–Kier alpha value is -1.40. The molecule has 5 nitrogen and oxygen atoms in total. The SMILES string of the molecule is Brc1ccc(OCCn2cnc(CNC3CC3)n2)cc1. The molecule has 1 aromatic heterocycles. The Bertz CT molecular complexity index is 551. The van der Waals surface area contributed by atoms with Crippen molar-refractivity contribution in [2.75, 3.05) is 6.61 Å². The lowest BCUT2D eigenvalue weighted by molar-refractivity contribution is 0.290. The molecule has 1 aliphatic rings.